The van der Waals surface area contributed by atoms with Crippen molar-refractivity contribution in [1.29, 1.82) is 0 Å². The summed E-state index contributed by atoms with van der Waals surface area (Å²) in [5, 5.41) is 13.5. The van der Waals surface area contributed by atoms with E-state index in [2.05, 4.69) is 5.32 Å². The molecule has 7 heteroatoms. The summed E-state index contributed by atoms with van der Waals surface area (Å²) in [7, 11) is 5.14. The molecule has 1 aromatic carbocycles. The molecule has 1 amide bonds. The van der Waals surface area contributed by atoms with Crippen LogP contribution in [0.3, 0.4) is 0 Å². The Kier molecular flexibility index (Phi) is 5.25. The van der Waals surface area contributed by atoms with Crippen molar-refractivity contribution in [1.82, 2.24) is 10.2 Å². The van der Waals surface area contributed by atoms with Gasteiger partial charge in [0.1, 0.15) is 0 Å². The summed E-state index contributed by atoms with van der Waals surface area (Å²) in [5.41, 5.74) is 0.175. The number of hydrogen-bond acceptors (Lipinski definition) is 5. The van der Waals surface area contributed by atoms with Crippen LogP contribution < -0.4 is 10.1 Å². The first-order valence-electron chi connectivity index (χ1n) is 5.71. The number of benzene rings is 1. The van der Waals surface area contributed by atoms with Crippen molar-refractivity contribution >= 4 is 11.6 Å². The number of nitro groups is 1. The van der Waals surface area contributed by atoms with Gasteiger partial charge in [-0.3, -0.25) is 14.9 Å². The maximum Gasteiger partial charge on any atom is 0.310 e. The highest BCUT2D eigenvalue weighted by Crippen LogP contribution is 2.27. The predicted octanol–water partition coefficient (Wildman–Crippen LogP) is 0.895. The number of amides is 1. The molecule has 19 heavy (non-hydrogen) atoms. The second kappa shape index (κ2) is 6.69. The van der Waals surface area contributed by atoms with Crippen LogP contribution in [-0.2, 0) is 0 Å². The average molecular weight is 267 g/mol. The molecule has 0 aromatic heterocycles. The number of likely N-dealkylation sites (N-methyl/N-ethyl adjacent to an activating group) is 1. The second-order valence-electron chi connectivity index (χ2n) is 4.20. The van der Waals surface area contributed by atoms with E-state index in [9.17, 15) is 14.9 Å². The monoisotopic (exact) mass is 267 g/mol. The lowest BCUT2D eigenvalue weighted by Gasteiger charge is -2.10. The van der Waals surface area contributed by atoms with Gasteiger partial charge >= 0.3 is 5.69 Å². The number of nitro benzene ring substituents is 1. The lowest BCUT2D eigenvalue weighted by atomic mass is 10.1. The van der Waals surface area contributed by atoms with Crippen molar-refractivity contribution in [2.24, 2.45) is 0 Å². The number of ether oxygens (including phenoxy) is 1. The highest BCUT2D eigenvalue weighted by atomic mass is 16.6. The van der Waals surface area contributed by atoms with Gasteiger partial charge in [0.15, 0.2) is 5.75 Å². The van der Waals surface area contributed by atoms with E-state index < -0.39 is 4.92 Å². The zero-order valence-electron chi connectivity index (χ0n) is 11.2. The van der Waals surface area contributed by atoms with Gasteiger partial charge in [0.05, 0.1) is 12.0 Å². The molecular formula is C12H17N3O4. The number of carbonyl (C=O) groups is 1. The van der Waals surface area contributed by atoms with E-state index in [0.717, 1.165) is 6.54 Å². The minimum absolute atomic E-state index is 0.0743. The first kappa shape index (κ1) is 14.9. The van der Waals surface area contributed by atoms with Crippen molar-refractivity contribution in [2.45, 2.75) is 0 Å². The van der Waals surface area contributed by atoms with Gasteiger partial charge in [-0.15, -0.1) is 0 Å². The fourth-order valence-electron chi connectivity index (χ4n) is 1.46. The maximum atomic E-state index is 11.8. The van der Waals surface area contributed by atoms with E-state index in [4.69, 9.17) is 4.74 Å². The molecule has 1 N–H and O–H groups in total. The molecule has 0 aliphatic carbocycles. The van der Waals surface area contributed by atoms with Crippen LogP contribution in [0.25, 0.3) is 0 Å². The number of nitrogens with one attached hydrogen (secondary N) is 1. The van der Waals surface area contributed by atoms with Crippen LogP contribution in [0.15, 0.2) is 18.2 Å². The number of nitrogens with zero attached hydrogens (tertiary/aromatic N) is 2. The second-order valence-corrected chi connectivity index (χ2v) is 4.20. The van der Waals surface area contributed by atoms with Crippen LogP contribution in [-0.4, -0.2) is 50.0 Å². The summed E-state index contributed by atoms with van der Waals surface area (Å²) in [6.45, 7) is 1.22. The van der Waals surface area contributed by atoms with Crippen LogP contribution in [0.2, 0.25) is 0 Å². The number of methoxy groups -OCH3 is 1. The first-order valence-corrected chi connectivity index (χ1v) is 5.71. The van der Waals surface area contributed by atoms with Crippen molar-refractivity contribution < 1.29 is 14.5 Å². The molecule has 0 aliphatic heterocycles. The maximum absolute atomic E-state index is 11.8. The van der Waals surface area contributed by atoms with E-state index in [1.165, 1.54) is 25.3 Å². The molecule has 1 rings (SSSR count). The van der Waals surface area contributed by atoms with Gasteiger partial charge in [-0.1, -0.05) is 0 Å². The molecule has 0 unspecified atom stereocenters. The van der Waals surface area contributed by atoms with Gasteiger partial charge in [0.25, 0.3) is 5.91 Å². The highest BCUT2D eigenvalue weighted by molar-refractivity contribution is 5.95. The lowest BCUT2D eigenvalue weighted by Crippen LogP contribution is -2.31. The van der Waals surface area contributed by atoms with Crippen LogP contribution in [0, 0.1) is 10.1 Å². The molecule has 0 saturated heterocycles. The summed E-state index contributed by atoms with van der Waals surface area (Å²) in [6.07, 6.45) is 0. The molecule has 1 aromatic rings. The Morgan fingerprint density at radius 3 is 2.68 bits per heavy atom. The molecular weight excluding hydrogens is 250 g/mol. The van der Waals surface area contributed by atoms with E-state index in [0.29, 0.717) is 12.1 Å². The van der Waals surface area contributed by atoms with Crippen LogP contribution in [0.1, 0.15) is 10.4 Å². The minimum Gasteiger partial charge on any atom is -0.490 e. The quantitative estimate of drug-likeness (QED) is 0.611. The van der Waals surface area contributed by atoms with Gasteiger partial charge in [-0.25, -0.2) is 0 Å². The van der Waals surface area contributed by atoms with Gasteiger partial charge < -0.3 is 15.0 Å². The topological polar surface area (TPSA) is 84.7 Å². The number of carbonyl (C=O) groups excluding carboxylic acids is 1. The largest absolute Gasteiger partial charge is 0.490 e. The molecule has 104 valence electrons. The van der Waals surface area contributed by atoms with Gasteiger partial charge in [-0.05, 0) is 20.2 Å². The van der Waals surface area contributed by atoms with Crippen molar-refractivity contribution in [2.75, 3.05) is 34.3 Å². The van der Waals surface area contributed by atoms with Crippen LogP contribution in [0.4, 0.5) is 5.69 Å². The fraction of sp³-hybridized carbons (Fsp3) is 0.417. The molecule has 0 spiro atoms. The third-order valence-corrected chi connectivity index (χ3v) is 2.48. The van der Waals surface area contributed by atoms with Gasteiger partial charge in [-0.2, -0.15) is 0 Å². The minimum atomic E-state index is -0.549. The summed E-state index contributed by atoms with van der Waals surface area (Å²) < 4.78 is 4.91. The molecule has 0 bridgehead atoms. The zero-order chi connectivity index (χ0) is 14.4. The third kappa shape index (κ3) is 4.22. The lowest BCUT2D eigenvalue weighted by molar-refractivity contribution is -0.385. The van der Waals surface area contributed by atoms with Crippen molar-refractivity contribution in [3.63, 3.8) is 0 Å². The Hall–Kier alpha value is -2.15. The van der Waals surface area contributed by atoms with E-state index in [1.807, 2.05) is 19.0 Å². The van der Waals surface area contributed by atoms with Crippen LogP contribution in [0.5, 0.6) is 5.75 Å². The third-order valence-electron chi connectivity index (χ3n) is 2.48. The number of rotatable bonds is 6. The summed E-state index contributed by atoms with van der Waals surface area (Å²) in [5.74, 6) is -0.208. The van der Waals surface area contributed by atoms with E-state index in [-0.39, 0.29) is 17.3 Å². The standard InChI is InChI=1S/C12H17N3O4/c1-14(2)7-6-13-12(16)9-4-5-10(15(17)18)11(8-9)19-3/h4-5,8H,6-7H2,1-3H3,(H,13,16). The van der Waals surface area contributed by atoms with E-state index in [1.54, 1.807) is 0 Å². The Morgan fingerprint density at radius 1 is 1.47 bits per heavy atom. The normalized spacial score (nSPS) is 10.3. The summed E-state index contributed by atoms with van der Waals surface area (Å²) >= 11 is 0. The Balaban J connectivity index is 2.78. The van der Waals surface area contributed by atoms with Crippen LogP contribution >= 0.6 is 0 Å². The summed E-state index contributed by atoms with van der Waals surface area (Å²) in [4.78, 5) is 23.9. The first-order chi connectivity index (χ1) is 8.95. The van der Waals surface area contributed by atoms with Crippen molar-refractivity contribution in [3.05, 3.63) is 33.9 Å². The highest BCUT2D eigenvalue weighted by Gasteiger charge is 2.17. The predicted molar refractivity (Wildman–Crippen MR) is 70.5 cm³/mol. The smallest absolute Gasteiger partial charge is 0.310 e. The summed E-state index contributed by atoms with van der Waals surface area (Å²) in [6, 6.07) is 4.04. The molecule has 7 nitrogen and oxygen atoms in total. The number of hydrogen-bond donors (Lipinski definition) is 1. The van der Waals surface area contributed by atoms with Gasteiger partial charge in [0, 0.05) is 30.8 Å². The molecule has 0 aliphatic rings. The Bertz CT molecular complexity index is 474. The molecule has 0 saturated carbocycles. The Morgan fingerprint density at radius 2 is 2.16 bits per heavy atom. The molecule has 0 fully saturated rings. The van der Waals surface area contributed by atoms with Crippen molar-refractivity contribution in [3.8, 4) is 5.75 Å². The SMILES string of the molecule is COc1cc(C(=O)NCCN(C)C)ccc1[N+](=O)[O-]. The molecule has 0 heterocycles. The average Bonchev–Trinajstić information content (AvgIpc) is 2.37. The molecule has 0 radical (unpaired) electrons. The zero-order valence-corrected chi connectivity index (χ0v) is 11.2. The van der Waals surface area contributed by atoms with E-state index >= 15 is 0 Å². The fourth-order valence-corrected chi connectivity index (χ4v) is 1.46. The Labute approximate surface area is 111 Å². The molecule has 0 atom stereocenters. The van der Waals surface area contributed by atoms with Gasteiger partial charge in [0.2, 0.25) is 0 Å².